The van der Waals surface area contributed by atoms with Crippen molar-refractivity contribution >= 4 is 33.7 Å². The number of nitrogens with one attached hydrogen (secondary N) is 1. The first-order valence-electron chi connectivity index (χ1n) is 8.13. The Bertz CT molecular complexity index is 1240. The van der Waals surface area contributed by atoms with Crippen LogP contribution in [0.15, 0.2) is 18.3 Å². The van der Waals surface area contributed by atoms with Crippen molar-refractivity contribution < 1.29 is 13.9 Å². The van der Waals surface area contributed by atoms with Gasteiger partial charge in [-0.15, -0.1) is 0 Å². The van der Waals surface area contributed by atoms with E-state index in [9.17, 15) is 9.18 Å². The molecule has 0 saturated carbocycles. The molecule has 3 heterocycles. The number of hydrogen-bond acceptors (Lipinski definition) is 5. The maximum Gasteiger partial charge on any atom is 0.253 e. The van der Waals surface area contributed by atoms with Gasteiger partial charge in [-0.2, -0.15) is 5.10 Å². The Morgan fingerprint density at radius 2 is 2.07 bits per heavy atom. The van der Waals surface area contributed by atoms with E-state index in [1.54, 1.807) is 26.1 Å². The van der Waals surface area contributed by atoms with Gasteiger partial charge in [0.05, 0.1) is 35.5 Å². The van der Waals surface area contributed by atoms with E-state index < -0.39 is 11.7 Å². The number of amides is 1. The van der Waals surface area contributed by atoms with Gasteiger partial charge in [-0.1, -0.05) is 0 Å². The number of hydrogen-bond donors (Lipinski definition) is 3. The molecule has 9 heteroatoms. The van der Waals surface area contributed by atoms with Crippen LogP contribution >= 0.6 is 0 Å². The van der Waals surface area contributed by atoms with E-state index in [4.69, 9.17) is 16.2 Å². The molecule has 4 rings (SSSR count). The van der Waals surface area contributed by atoms with E-state index in [0.29, 0.717) is 44.6 Å². The molecule has 0 atom stereocenters. The maximum absolute atomic E-state index is 14.6. The molecule has 0 aliphatic heterocycles. The summed E-state index contributed by atoms with van der Waals surface area (Å²) in [6.07, 6.45) is 1.57. The lowest BCUT2D eigenvalue weighted by molar-refractivity contribution is 0.100. The number of H-pyrrole nitrogens is 1. The molecule has 0 spiro atoms. The highest BCUT2D eigenvalue weighted by atomic mass is 19.1. The second-order valence-electron chi connectivity index (χ2n) is 6.29. The Morgan fingerprint density at radius 1 is 1.33 bits per heavy atom. The van der Waals surface area contributed by atoms with Crippen molar-refractivity contribution in [3.8, 4) is 11.4 Å². The van der Waals surface area contributed by atoms with Gasteiger partial charge in [0.1, 0.15) is 17.4 Å². The molecule has 4 aromatic rings. The average molecular weight is 368 g/mol. The number of aryl methyl sites for hydroxylation is 1. The highest BCUT2D eigenvalue weighted by Crippen LogP contribution is 2.39. The van der Waals surface area contributed by atoms with Crippen LogP contribution in [-0.4, -0.2) is 32.8 Å². The first kappa shape index (κ1) is 16.8. The first-order valence-corrected chi connectivity index (χ1v) is 8.13. The SMILES string of the molecule is COc1cc(C)nc2c1c(C(N)=O)c(N)n2-c1c(C)c(F)cc2[nH]ncc12. The molecule has 1 aromatic carbocycles. The minimum atomic E-state index is -0.724. The fraction of sp³-hybridized carbons (Fsp3) is 0.167. The summed E-state index contributed by atoms with van der Waals surface area (Å²) in [6.45, 7) is 3.41. The quantitative estimate of drug-likeness (QED) is 0.512. The van der Waals surface area contributed by atoms with Crippen LogP contribution in [0.5, 0.6) is 5.75 Å². The van der Waals surface area contributed by atoms with Crippen LogP contribution in [0.2, 0.25) is 0 Å². The number of pyridine rings is 1. The molecule has 0 unspecified atom stereocenters. The number of anilines is 1. The van der Waals surface area contributed by atoms with Crippen LogP contribution in [0, 0.1) is 19.7 Å². The number of nitrogens with zero attached hydrogens (tertiary/aromatic N) is 3. The number of fused-ring (bicyclic) bond motifs is 2. The second-order valence-corrected chi connectivity index (χ2v) is 6.29. The maximum atomic E-state index is 14.6. The predicted molar refractivity (Wildman–Crippen MR) is 99.6 cm³/mol. The second kappa shape index (κ2) is 5.70. The molecule has 0 saturated heterocycles. The van der Waals surface area contributed by atoms with Gasteiger partial charge in [0.2, 0.25) is 0 Å². The standard InChI is InChI=1S/C18H17FN6O2/c1-7-4-12(27-3)13-14(17(21)26)16(20)25(18(13)23-7)15-8(2)10(19)5-11-9(15)6-22-24-11/h4-6H,20H2,1-3H3,(H2,21,26)(H,22,24). The van der Waals surface area contributed by atoms with Crippen molar-refractivity contribution in [1.82, 2.24) is 19.7 Å². The van der Waals surface area contributed by atoms with Gasteiger partial charge in [-0.05, 0) is 19.9 Å². The number of primary amides is 1. The van der Waals surface area contributed by atoms with Gasteiger partial charge in [-0.3, -0.25) is 14.5 Å². The number of nitrogens with two attached hydrogens (primary N) is 2. The minimum Gasteiger partial charge on any atom is -0.496 e. The van der Waals surface area contributed by atoms with Crippen molar-refractivity contribution in [3.05, 3.63) is 41.0 Å². The molecule has 0 radical (unpaired) electrons. The number of methoxy groups -OCH3 is 1. The fourth-order valence-electron chi connectivity index (χ4n) is 3.45. The highest BCUT2D eigenvalue weighted by Gasteiger charge is 2.27. The van der Waals surface area contributed by atoms with Crippen LogP contribution in [0.3, 0.4) is 0 Å². The Hall–Kier alpha value is -3.62. The van der Waals surface area contributed by atoms with E-state index in [-0.39, 0.29) is 11.4 Å². The van der Waals surface area contributed by atoms with Crippen molar-refractivity contribution in [2.75, 3.05) is 12.8 Å². The third-order valence-corrected chi connectivity index (χ3v) is 4.65. The Morgan fingerprint density at radius 3 is 2.74 bits per heavy atom. The number of rotatable bonds is 3. The number of aromatic amines is 1. The zero-order chi connectivity index (χ0) is 19.5. The van der Waals surface area contributed by atoms with Crippen molar-refractivity contribution in [2.45, 2.75) is 13.8 Å². The number of carbonyl (C=O) groups excluding carboxylic acids is 1. The molecular weight excluding hydrogens is 351 g/mol. The summed E-state index contributed by atoms with van der Waals surface area (Å²) in [5, 5.41) is 7.76. The largest absolute Gasteiger partial charge is 0.496 e. The van der Waals surface area contributed by atoms with Gasteiger partial charge in [0, 0.05) is 22.7 Å². The summed E-state index contributed by atoms with van der Waals surface area (Å²) < 4.78 is 21.5. The van der Waals surface area contributed by atoms with E-state index in [1.165, 1.54) is 17.7 Å². The summed E-state index contributed by atoms with van der Waals surface area (Å²) >= 11 is 0. The zero-order valence-corrected chi connectivity index (χ0v) is 14.9. The van der Waals surface area contributed by atoms with Crippen LogP contribution in [0.25, 0.3) is 27.6 Å². The monoisotopic (exact) mass is 368 g/mol. The molecule has 0 aliphatic rings. The summed E-state index contributed by atoms with van der Waals surface area (Å²) in [7, 11) is 1.48. The van der Waals surface area contributed by atoms with Gasteiger partial charge in [0.15, 0.2) is 5.65 Å². The van der Waals surface area contributed by atoms with E-state index in [1.807, 2.05) is 0 Å². The Balaban J connectivity index is 2.27. The lowest BCUT2D eigenvalue weighted by Gasteiger charge is -2.13. The lowest BCUT2D eigenvalue weighted by Crippen LogP contribution is -2.14. The fourth-order valence-corrected chi connectivity index (χ4v) is 3.45. The molecule has 0 fully saturated rings. The number of benzene rings is 1. The molecule has 5 N–H and O–H groups in total. The summed E-state index contributed by atoms with van der Waals surface area (Å²) in [5.41, 5.74) is 14.3. The van der Waals surface area contributed by atoms with E-state index >= 15 is 0 Å². The molecule has 27 heavy (non-hydrogen) atoms. The molecule has 138 valence electrons. The number of aromatic nitrogens is 4. The summed E-state index contributed by atoms with van der Waals surface area (Å²) in [6, 6.07) is 3.04. The first-order chi connectivity index (χ1) is 12.8. The van der Waals surface area contributed by atoms with Gasteiger partial charge >= 0.3 is 0 Å². The number of ether oxygens (including phenoxy) is 1. The molecule has 8 nitrogen and oxygen atoms in total. The normalized spacial score (nSPS) is 11.4. The van der Waals surface area contributed by atoms with Crippen LogP contribution in [-0.2, 0) is 0 Å². The van der Waals surface area contributed by atoms with Gasteiger partial charge in [-0.25, -0.2) is 9.37 Å². The number of halogens is 1. The minimum absolute atomic E-state index is 0.0603. The van der Waals surface area contributed by atoms with Gasteiger partial charge in [0.25, 0.3) is 5.91 Å². The third-order valence-electron chi connectivity index (χ3n) is 4.65. The third kappa shape index (κ3) is 2.24. The van der Waals surface area contributed by atoms with Crippen molar-refractivity contribution in [3.63, 3.8) is 0 Å². The van der Waals surface area contributed by atoms with Crippen molar-refractivity contribution in [1.29, 1.82) is 0 Å². The average Bonchev–Trinajstić information content (AvgIpc) is 3.17. The molecule has 0 aliphatic carbocycles. The zero-order valence-electron chi connectivity index (χ0n) is 14.9. The number of nitrogen functional groups attached to an aromatic ring is 1. The number of carbonyl (C=O) groups is 1. The van der Waals surface area contributed by atoms with E-state index in [0.717, 1.165) is 0 Å². The van der Waals surface area contributed by atoms with Gasteiger partial charge < -0.3 is 16.2 Å². The Kier molecular flexibility index (Phi) is 3.55. The topological polar surface area (TPSA) is 125 Å². The van der Waals surface area contributed by atoms with Crippen LogP contribution in [0.1, 0.15) is 21.6 Å². The van der Waals surface area contributed by atoms with Crippen LogP contribution in [0.4, 0.5) is 10.2 Å². The lowest BCUT2D eigenvalue weighted by atomic mass is 10.1. The molecule has 0 bridgehead atoms. The molecule has 3 aromatic heterocycles. The summed E-state index contributed by atoms with van der Waals surface area (Å²) in [4.78, 5) is 16.7. The smallest absolute Gasteiger partial charge is 0.253 e. The Labute approximate surface area is 152 Å². The summed E-state index contributed by atoms with van der Waals surface area (Å²) in [5.74, 6) is -0.694. The highest BCUT2D eigenvalue weighted by molar-refractivity contribution is 6.13. The predicted octanol–water partition coefficient (Wildman–Crippen LogP) is 2.35. The van der Waals surface area contributed by atoms with Crippen molar-refractivity contribution in [2.24, 2.45) is 5.73 Å². The van der Waals surface area contributed by atoms with E-state index in [2.05, 4.69) is 15.2 Å². The van der Waals surface area contributed by atoms with Crippen LogP contribution < -0.4 is 16.2 Å². The molecule has 1 amide bonds. The molecular formula is C18H17FN6O2.